The van der Waals surface area contributed by atoms with E-state index in [1.54, 1.807) is 41.7 Å². The van der Waals surface area contributed by atoms with Crippen molar-refractivity contribution in [3.05, 3.63) is 72.3 Å². The molecular formula is C23H24N4O3S2. The summed E-state index contributed by atoms with van der Waals surface area (Å²) >= 11 is 1.51. The largest absolute Gasteiger partial charge is 0.337 e. The van der Waals surface area contributed by atoms with E-state index in [2.05, 4.69) is 11.1 Å². The summed E-state index contributed by atoms with van der Waals surface area (Å²) in [4.78, 5) is 24.0. The minimum Gasteiger partial charge on any atom is -0.337 e. The number of thiazole rings is 1. The zero-order chi connectivity index (χ0) is 22.7. The third-order valence-electron chi connectivity index (χ3n) is 5.13. The van der Waals surface area contributed by atoms with Crippen molar-refractivity contribution >= 4 is 42.4 Å². The summed E-state index contributed by atoms with van der Waals surface area (Å²) in [5.41, 5.74) is 2.79. The lowest BCUT2D eigenvalue weighted by molar-refractivity contribution is -0.118. The number of hydrogen-bond acceptors (Lipinski definition) is 6. The van der Waals surface area contributed by atoms with Crippen molar-refractivity contribution in [2.24, 2.45) is 0 Å². The molecule has 0 aliphatic carbocycles. The molecule has 0 unspecified atom stereocenters. The molecule has 166 valence electrons. The second-order valence-electron chi connectivity index (χ2n) is 7.76. The summed E-state index contributed by atoms with van der Waals surface area (Å²) < 4.78 is 26.4. The third-order valence-corrected chi connectivity index (χ3v) is 7.30. The molecule has 0 bridgehead atoms. The summed E-state index contributed by atoms with van der Waals surface area (Å²) in [6.07, 6.45) is 7.49. The average Bonchev–Trinajstić information content (AvgIpc) is 3.40. The maximum Gasteiger partial charge on any atom is 0.233 e. The molecule has 9 heteroatoms. The number of aromatic nitrogens is 3. The molecule has 32 heavy (non-hydrogen) atoms. The Kier molecular flexibility index (Phi) is 6.38. The summed E-state index contributed by atoms with van der Waals surface area (Å²) in [5.74, 6) is -0.0708. The lowest BCUT2D eigenvalue weighted by atomic mass is 10.1. The molecule has 0 atom stereocenters. The molecule has 1 amide bonds. The van der Waals surface area contributed by atoms with Gasteiger partial charge in [0, 0.05) is 31.7 Å². The molecule has 7 nitrogen and oxygen atoms in total. The van der Waals surface area contributed by atoms with Crippen LogP contribution in [0.3, 0.4) is 0 Å². The van der Waals surface area contributed by atoms with Gasteiger partial charge in [-0.1, -0.05) is 29.5 Å². The zero-order valence-electron chi connectivity index (χ0n) is 17.9. The first-order valence-corrected chi connectivity index (χ1v) is 12.9. The summed E-state index contributed by atoms with van der Waals surface area (Å²) in [6, 6.07) is 12.5. The molecule has 0 saturated heterocycles. The lowest BCUT2D eigenvalue weighted by Gasteiger charge is -2.20. The van der Waals surface area contributed by atoms with E-state index in [0.29, 0.717) is 11.7 Å². The van der Waals surface area contributed by atoms with E-state index in [4.69, 9.17) is 4.98 Å². The normalized spacial score (nSPS) is 11.7. The fourth-order valence-electron chi connectivity index (χ4n) is 3.42. The number of amides is 1. The summed E-state index contributed by atoms with van der Waals surface area (Å²) in [5, 5.41) is 0.675. The number of fused-ring (bicyclic) bond motifs is 1. The summed E-state index contributed by atoms with van der Waals surface area (Å²) in [7, 11) is -3.27. The number of carbonyl (C=O) groups is 1. The van der Waals surface area contributed by atoms with E-state index in [9.17, 15) is 13.2 Å². The number of anilines is 1. The van der Waals surface area contributed by atoms with Crippen LogP contribution in [0, 0.1) is 6.92 Å². The molecule has 0 aliphatic heterocycles. The number of benzene rings is 2. The Morgan fingerprint density at radius 3 is 2.62 bits per heavy atom. The molecule has 0 aliphatic rings. The first-order valence-electron chi connectivity index (χ1n) is 10.2. The molecular weight excluding hydrogens is 444 g/mol. The van der Waals surface area contributed by atoms with Crippen molar-refractivity contribution in [2.45, 2.75) is 31.2 Å². The maximum atomic E-state index is 13.3. The number of imidazole rings is 1. The monoisotopic (exact) mass is 468 g/mol. The van der Waals surface area contributed by atoms with E-state index in [1.165, 1.54) is 17.6 Å². The first-order chi connectivity index (χ1) is 15.3. The van der Waals surface area contributed by atoms with Crippen LogP contribution in [0.5, 0.6) is 0 Å². The highest BCUT2D eigenvalue weighted by atomic mass is 32.2. The van der Waals surface area contributed by atoms with Crippen LogP contribution in [-0.4, -0.2) is 41.7 Å². The van der Waals surface area contributed by atoms with E-state index in [-0.39, 0.29) is 17.2 Å². The Bertz CT molecular complexity index is 1330. The fourth-order valence-corrected chi connectivity index (χ4v) is 5.15. The minimum atomic E-state index is -3.27. The summed E-state index contributed by atoms with van der Waals surface area (Å²) in [6.45, 7) is 3.31. The number of hydrogen-bond donors (Lipinski definition) is 0. The predicted molar refractivity (Wildman–Crippen MR) is 127 cm³/mol. The standard InChI is InChI=1S/C23H24N4O3S2/c1-17-4-9-20-21(14-17)31-23(25-20)27(12-3-11-26-13-10-24-16-26)22(28)15-18-5-7-19(8-6-18)32(2,29)30/h4-10,13-14,16H,3,11-12,15H2,1-2H3. The predicted octanol–water partition coefficient (Wildman–Crippen LogP) is 3.87. The van der Waals surface area contributed by atoms with Crippen molar-refractivity contribution < 1.29 is 13.2 Å². The average molecular weight is 469 g/mol. The van der Waals surface area contributed by atoms with Crippen molar-refractivity contribution in [1.29, 1.82) is 0 Å². The van der Waals surface area contributed by atoms with Gasteiger partial charge in [-0.25, -0.2) is 18.4 Å². The molecule has 0 radical (unpaired) electrons. The molecule has 2 heterocycles. The molecule has 4 rings (SSSR count). The molecule has 0 saturated carbocycles. The van der Waals surface area contributed by atoms with Crippen LogP contribution < -0.4 is 4.90 Å². The maximum absolute atomic E-state index is 13.3. The van der Waals surface area contributed by atoms with Gasteiger partial charge in [-0.15, -0.1) is 0 Å². The van der Waals surface area contributed by atoms with Crippen LogP contribution in [0.2, 0.25) is 0 Å². The number of nitrogens with zero attached hydrogens (tertiary/aromatic N) is 4. The van der Waals surface area contributed by atoms with Gasteiger partial charge in [-0.2, -0.15) is 0 Å². The van der Waals surface area contributed by atoms with Gasteiger partial charge in [0.25, 0.3) is 0 Å². The van der Waals surface area contributed by atoms with E-state index >= 15 is 0 Å². The van der Waals surface area contributed by atoms with Gasteiger partial charge in [0.05, 0.1) is 27.9 Å². The zero-order valence-corrected chi connectivity index (χ0v) is 19.6. The highest BCUT2D eigenvalue weighted by molar-refractivity contribution is 7.90. The quantitative estimate of drug-likeness (QED) is 0.392. The fraction of sp³-hybridized carbons (Fsp3) is 0.261. The van der Waals surface area contributed by atoms with Gasteiger partial charge in [-0.3, -0.25) is 9.69 Å². The Morgan fingerprint density at radius 2 is 1.94 bits per heavy atom. The SMILES string of the molecule is Cc1ccc2nc(N(CCCn3ccnc3)C(=O)Cc3ccc(S(C)(=O)=O)cc3)sc2c1. The molecule has 0 spiro atoms. The van der Waals surface area contributed by atoms with Crippen molar-refractivity contribution in [1.82, 2.24) is 14.5 Å². The van der Waals surface area contributed by atoms with Gasteiger partial charge < -0.3 is 4.57 Å². The minimum absolute atomic E-state index is 0.0708. The van der Waals surface area contributed by atoms with Crippen LogP contribution in [0.15, 0.2) is 66.1 Å². The Hall–Kier alpha value is -3.04. The molecule has 4 aromatic rings. The van der Waals surface area contributed by atoms with E-state index in [0.717, 1.165) is 34.3 Å². The van der Waals surface area contributed by atoms with E-state index < -0.39 is 9.84 Å². The second kappa shape index (κ2) is 9.22. The van der Waals surface area contributed by atoms with Gasteiger partial charge in [-0.05, 0) is 48.7 Å². The highest BCUT2D eigenvalue weighted by Crippen LogP contribution is 2.30. The number of rotatable bonds is 8. The molecule has 0 fully saturated rings. The van der Waals surface area contributed by atoms with Crippen LogP contribution in [0.4, 0.5) is 5.13 Å². The van der Waals surface area contributed by atoms with Crippen LogP contribution in [0.25, 0.3) is 10.2 Å². The van der Waals surface area contributed by atoms with Gasteiger partial charge >= 0.3 is 0 Å². The topological polar surface area (TPSA) is 85.2 Å². The van der Waals surface area contributed by atoms with Crippen molar-refractivity contribution in [2.75, 3.05) is 17.7 Å². The molecule has 2 aromatic heterocycles. The van der Waals surface area contributed by atoms with E-state index in [1.807, 2.05) is 29.8 Å². The number of aryl methyl sites for hydroxylation is 2. The Balaban J connectivity index is 1.56. The second-order valence-corrected chi connectivity index (χ2v) is 10.8. The first kappa shape index (κ1) is 22.2. The van der Waals surface area contributed by atoms with Crippen molar-refractivity contribution in [3.8, 4) is 0 Å². The molecule has 0 N–H and O–H groups in total. The lowest BCUT2D eigenvalue weighted by Crippen LogP contribution is -2.33. The Labute approximate surface area is 191 Å². The highest BCUT2D eigenvalue weighted by Gasteiger charge is 2.20. The van der Waals surface area contributed by atoms with Gasteiger partial charge in [0.15, 0.2) is 15.0 Å². The van der Waals surface area contributed by atoms with Gasteiger partial charge in [0.2, 0.25) is 5.91 Å². The van der Waals surface area contributed by atoms with Crippen LogP contribution >= 0.6 is 11.3 Å². The smallest absolute Gasteiger partial charge is 0.233 e. The molecule has 2 aromatic carbocycles. The Morgan fingerprint density at radius 1 is 1.16 bits per heavy atom. The number of carbonyl (C=O) groups excluding carboxylic acids is 1. The van der Waals surface area contributed by atoms with Crippen LogP contribution in [0.1, 0.15) is 17.5 Å². The number of sulfone groups is 1. The van der Waals surface area contributed by atoms with Gasteiger partial charge in [0.1, 0.15) is 0 Å². The third kappa shape index (κ3) is 5.23. The van der Waals surface area contributed by atoms with Crippen LogP contribution in [-0.2, 0) is 27.6 Å². The van der Waals surface area contributed by atoms with Crippen molar-refractivity contribution in [3.63, 3.8) is 0 Å².